The Hall–Kier alpha value is -1.46. The summed E-state index contributed by atoms with van der Waals surface area (Å²) in [4.78, 5) is 0. The lowest BCUT2D eigenvalue weighted by molar-refractivity contribution is 0.170. The van der Waals surface area contributed by atoms with Crippen molar-refractivity contribution in [2.24, 2.45) is 0 Å². The second kappa shape index (κ2) is 5.05. The quantitative estimate of drug-likeness (QED) is 0.759. The van der Waals surface area contributed by atoms with Crippen LogP contribution in [0.5, 0.6) is 0 Å². The maximum atomic E-state index is 10.1. The van der Waals surface area contributed by atoms with Crippen LogP contribution in [0.2, 0.25) is 0 Å². The largest absolute Gasteiger partial charge is 0.388 e. The lowest BCUT2D eigenvalue weighted by Crippen LogP contribution is -2.02. The molecule has 0 aromatic heterocycles. The minimum Gasteiger partial charge on any atom is -0.388 e. The van der Waals surface area contributed by atoms with E-state index < -0.39 is 6.10 Å². The summed E-state index contributed by atoms with van der Waals surface area (Å²) in [6.45, 7) is 2.81. The number of fused-ring (bicyclic) bond motifs is 1. The molecule has 2 rings (SSSR count). The first kappa shape index (κ1) is 11.0. The Morgan fingerprint density at radius 1 is 1.50 bits per heavy atom. The number of aliphatic hydroxyl groups is 1. The first-order valence-corrected chi connectivity index (χ1v) is 5.76. The number of benzene rings is 1. The van der Waals surface area contributed by atoms with E-state index in [2.05, 4.69) is 23.2 Å². The predicted octanol–water partition coefficient (Wildman–Crippen LogP) is 2.49. The fraction of sp³-hybridized carbons (Fsp3) is 0.429. The van der Waals surface area contributed by atoms with E-state index in [1.54, 1.807) is 0 Å². The van der Waals surface area contributed by atoms with Crippen molar-refractivity contribution < 1.29 is 5.11 Å². The highest BCUT2D eigenvalue weighted by atomic mass is 16.3. The summed E-state index contributed by atoms with van der Waals surface area (Å²) in [6.07, 6.45) is 2.12. The van der Waals surface area contributed by atoms with Crippen LogP contribution in [0.15, 0.2) is 18.2 Å². The van der Waals surface area contributed by atoms with Gasteiger partial charge in [-0.3, -0.25) is 0 Å². The van der Waals surface area contributed by atoms with Crippen LogP contribution in [0.25, 0.3) is 0 Å². The van der Waals surface area contributed by atoms with Crippen molar-refractivity contribution in [2.45, 2.75) is 32.3 Å². The Morgan fingerprint density at radius 3 is 3.19 bits per heavy atom. The zero-order valence-corrected chi connectivity index (χ0v) is 9.59. The molecular weight excluding hydrogens is 198 g/mol. The Kier molecular flexibility index (Phi) is 3.48. The third-order valence-electron chi connectivity index (χ3n) is 2.96. The molecule has 1 aromatic carbocycles. The molecule has 0 aliphatic carbocycles. The van der Waals surface area contributed by atoms with Crippen LogP contribution >= 0.6 is 0 Å². The minimum atomic E-state index is -0.401. The average molecular weight is 215 g/mol. The molecular formula is C14H17NO. The van der Waals surface area contributed by atoms with Crippen LogP contribution in [-0.4, -0.2) is 11.7 Å². The Labute approximate surface area is 96.7 Å². The van der Waals surface area contributed by atoms with Crippen LogP contribution in [-0.2, 0) is 6.42 Å². The number of hydrogen-bond donors (Lipinski definition) is 2. The third kappa shape index (κ3) is 2.20. The van der Waals surface area contributed by atoms with E-state index in [-0.39, 0.29) is 0 Å². The summed E-state index contributed by atoms with van der Waals surface area (Å²) in [5, 5.41) is 13.4. The Morgan fingerprint density at radius 2 is 2.38 bits per heavy atom. The van der Waals surface area contributed by atoms with Gasteiger partial charge in [0, 0.05) is 24.2 Å². The van der Waals surface area contributed by atoms with Gasteiger partial charge in [-0.15, -0.1) is 11.8 Å². The minimum absolute atomic E-state index is 0.401. The highest BCUT2D eigenvalue weighted by Crippen LogP contribution is 2.32. The van der Waals surface area contributed by atoms with Crippen LogP contribution in [0.3, 0.4) is 0 Å². The summed E-state index contributed by atoms with van der Waals surface area (Å²) in [5.74, 6) is 5.84. The highest BCUT2D eigenvalue weighted by Gasteiger charge is 2.18. The molecule has 1 heterocycles. The summed E-state index contributed by atoms with van der Waals surface area (Å²) in [7, 11) is 0. The van der Waals surface area contributed by atoms with Gasteiger partial charge in [0.2, 0.25) is 0 Å². The van der Waals surface area contributed by atoms with Crippen molar-refractivity contribution in [1.82, 2.24) is 0 Å². The van der Waals surface area contributed by atoms with E-state index in [9.17, 15) is 5.11 Å². The molecule has 1 unspecified atom stereocenters. The molecule has 0 saturated heterocycles. The topological polar surface area (TPSA) is 32.3 Å². The fourth-order valence-corrected chi connectivity index (χ4v) is 2.13. The van der Waals surface area contributed by atoms with Gasteiger partial charge in [-0.1, -0.05) is 18.2 Å². The molecule has 84 valence electrons. The first-order chi connectivity index (χ1) is 7.83. The molecule has 0 fully saturated rings. The molecule has 2 nitrogen and oxygen atoms in total. The standard InChI is InChI=1S/C14H17NO/c1-2-3-4-8-13(16)12-7-5-6-11-9-10-15-14(11)12/h5-7,13,15-16H,4,8-10H2,1H3. The maximum absolute atomic E-state index is 10.1. The molecule has 2 N–H and O–H groups in total. The third-order valence-corrected chi connectivity index (χ3v) is 2.96. The molecule has 0 spiro atoms. The summed E-state index contributed by atoms with van der Waals surface area (Å²) in [6, 6.07) is 6.15. The number of rotatable bonds is 3. The molecule has 1 aliphatic rings. The van der Waals surface area contributed by atoms with Crippen molar-refractivity contribution in [1.29, 1.82) is 0 Å². The molecule has 0 saturated carbocycles. The highest BCUT2D eigenvalue weighted by molar-refractivity contribution is 5.61. The summed E-state index contributed by atoms with van der Waals surface area (Å²) in [5.41, 5.74) is 3.48. The van der Waals surface area contributed by atoms with Gasteiger partial charge >= 0.3 is 0 Å². The monoisotopic (exact) mass is 215 g/mol. The van der Waals surface area contributed by atoms with Gasteiger partial charge in [0.15, 0.2) is 0 Å². The maximum Gasteiger partial charge on any atom is 0.0819 e. The van der Waals surface area contributed by atoms with Crippen molar-refractivity contribution in [3.63, 3.8) is 0 Å². The SMILES string of the molecule is CC#CCCC(O)c1cccc2c1NCC2. The molecule has 0 bridgehead atoms. The van der Waals surface area contributed by atoms with E-state index in [4.69, 9.17) is 0 Å². The van der Waals surface area contributed by atoms with E-state index in [0.717, 1.165) is 30.6 Å². The fourth-order valence-electron chi connectivity index (χ4n) is 2.13. The van der Waals surface area contributed by atoms with Gasteiger partial charge in [-0.2, -0.15) is 0 Å². The summed E-state index contributed by atoms with van der Waals surface area (Å²) < 4.78 is 0. The second-order valence-corrected chi connectivity index (χ2v) is 4.04. The van der Waals surface area contributed by atoms with E-state index in [0.29, 0.717) is 6.42 Å². The smallest absolute Gasteiger partial charge is 0.0819 e. The van der Waals surface area contributed by atoms with Gasteiger partial charge in [-0.25, -0.2) is 0 Å². The lowest BCUT2D eigenvalue weighted by atomic mass is 10.00. The molecule has 16 heavy (non-hydrogen) atoms. The molecule has 0 amide bonds. The average Bonchev–Trinajstić information content (AvgIpc) is 2.76. The molecule has 1 atom stereocenters. The van der Waals surface area contributed by atoms with Crippen LogP contribution in [0.1, 0.15) is 37.0 Å². The van der Waals surface area contributed by atoms with Crippen LogP contribution in [0, 0.1) is 11.8 Å². The summed E-state index contributed by atoms with van der Waals surface area (Å²) >= 11 is 0. The second-order valence-electron chi connectivity index (χ2n) is 4.04. The number of aliphatic hydroxyl groups excluding tert-OH is 1. The van der Waals surface area contributed by atoms with Gasteiger partial charge in [0.1, 0.15) is 0 Å². The van der Waals surface area contributed by atoms with Crippen LogP contribution in [0.4, 0.5) is 5.69 Å². The van der Waals surface area contributed by atoms with Crippen molar-refractivity contribution in [3.8, 4) is 11.8 Å². The van der Waals surface area contributed by atoms with Gasteiger partial charge in [-0.05, 0) is 25.3 Å². The van der Waals surface area contributed by atoms with Crippen molar-refractivity contribution in [3.05, 3.63) is 29.3 Å². The first-order valence-electron chi connectivity index (χ1n) is 5.76. The molecule has 0 radical (unpaired) electrons. The van der Waals surface area contributed by atoms with E-state index >= 15 is 0 Å². The Bertz CT molecular complexity index is 428. The molecule has 1 aliphatic heterocycles. The number of nitrogens with one attached hydrogen (secondary N) is 1. The van der Waals surface area contributed by atoms with Crippen molar-refractivity contribution >= 4 is 5.69 Å². The van der Waals surface area contributed by atoms with E-state index in [1.807, 2.05) is 19.1 Å². The van der Waals surface area contributed by atoms with Gasteiger partial charge in [0.25, 0.3) is 0 Å². The molecule has 2 heteroatoms. The number of hydrogen-bond acceptors (Lipinski definition) is 2. The van der Waals surface area contributed by atoms with Crippen LogP contribution < -0.4 is 5.32 Å². The lowest BCUT2D eigenvalue weighted by Gasteiger charge is -2.14. The predicted molar refractivity (Wildman–Crippen MR) is 66.3 cm³/mol. The van der Waals surface area contributed by atoms with E-state index in [1.165, 1.54) is 5.56 Å². The number of para-hydroxylation sites is 1. The Balaban J connectivity index is 2.13. The normalized spacial score (nSPS) is 14.6. The molecule has 1 aromatic rings. The van der Waals surface area contributed by atoms with Gasteiger partial charge in [0.05, 0.1) is 6.10 Å². The zero-order chi connectivity index (χ0) is 11.4. The number of anilines is 1. The van der Waals surface area contributed by atoms with Crippen molar-refractivity contribution in [2.75, 3.05) is 11.9 Å². The van der Waals surface area contributed by atoms with Gasteiger partial charge < -0.3 is 10.4 Å². The zero-order valence-electron chi connectivity index (χ0n) is 9.59.